The minimum atomic E-state index is -1.17. The van der Waals surface area contributed by atoms with E-state index < -0.39 is 47.2 Å². The Labute approximate surface area is 377 Å². The minimum Gasteiger partial charge on any atom is -0.508 e. The first kappa shape index (κ1) is 56.6. The summed E-state index contributed by atoms with van der Waals surface area (Å²) in [7, 11) is 0. The molecule has 0 spiro atoms. The summed E-state index contributed by atoms with van der Waals surface area (Å²) in [5, 5.41) is 20.7. The molecule has 358 valence electrons. The number of nitrogens with two attached hydrogens (primary N) is 3. The molecule has 0 saturated heterocycles. The molecule has 63 heavy (non-hydrogen) atoms. The number of unbranched alkanes of at least 4 members (excludes halogenated alkanes) is 14. The quantitative estimate of drug-likeness (QED) is 0.0394. The van der Waals surface area contributed by atoms with Crippen LogP contribution < -0.4 is 38.5 Å². The molecule has 0 heterocycles. The summed E-state index contributed by atoms with van der Waals surface area (Å²) in [5.41, 5.74) is 17.4. The van der Waals surface area contributed by atoms with Crippen molar-refractivity contribution in [2.24, 2.45) is 29.0 Å². The van der Waals surface area contributed by atoms with Crippen LogP contribution in [0, 0.1) is 11.8 Å². The Morgan fingerprint density at radius 3 is 1.70 bits per heavy atom. The second-order valence-corrected chi connectivity index (χ2v) is 17.3. The maximum absolute atomic E-state index is 13.9. The predicted octanol–water partition coefficient (Wildman–Crippen LogP) is 5.31. The molecule has 0 unspecified atom stereocenters. The van der Waals surface area contributed by atoms with Crippen LogP contribution in [-0.4, -0.2) is 84.5 Å². The minimum absolute atomic E-state index is 0.0158. The lowest BCUT2D eigenvalue weighted by Gasteiger charge is -2.25. The van der Waals surface area contributed by atoms with E-state index in [2.05, 4.69) is 28.2 Å². The topological polar surface area (TPSA) is 266 Å². The van der Waals surface area contributed by atoms with Gasteiger partial charge in [0.25, 0.3) is 0 Å². The van der Waals surface area contributed by atoms with Crippen molar-refractivity contribution in [2.75, 3.05) is 26.2 Å². The van der Waals surface area contributed by atoms with Gasteiger partial charge in [-0.25, -0.2) is 0 Å². The Morgan fingerprint density at radius 1 is 0.587 bits per heavy atom. The Morgan fingerprint density at radius 2 is 1.13 bits per heavy atom. The molecule has 0 radical (unpaired) electrons. The van der Waals surface area contributed by atoms with Crippen LogP contribution in [-0.2, 0) is 40.0 Å². The third-order valence-electron chi connectivity index (χ3n) is 11.4. The largest absolute Gasteiger partial charge is 0.508 e. The summed E-state index contributed by atoms with van der Waals surface area (Å²) in [6.45, 7) is 4.43. The van der Waals surface area contributed by atoms with Crippen molar-refractivity contribution in [1.29, 1.82) is 0 Å². The number of amides is 5. The van der Waals surface area contributed by atoms with Crippen molar-refractivity contribution < 1.29 is 38.7 Å². The fourth-order valence-corrected chi connectivity index (χ4v) is 7.51. The molecule has 0 aromatic heterocycles. The summed E-state index contributed by atoms with van der Waals surface area (Å²) < 4.78 is 0. The number of phenols is 1. The summed E-state index contributed by atoms with van der Waals surface area (Å²) in [4.78, 5) is 91.2. The van der Waals surface area contributed by atoms with Gasteiger partial charge in [-0.15, -0.1) is 0 Å². The first-order valence-electron chi connectivity index (χ1n) is 23.9. The molecule has 1 aromatic rings. The van der Waals surface area contributed by atoms with Gasteiger partial charge in [-0.3, -0.25) is 33.6 Å². The highest BCUT2D eigenvalue weighted by molar-refractivity contribution is 5.95. The average molecular weight is 886 g/mol. The number of rotatable bonds is 40. The Balaban J connectivity index is 2.80. The monoisotopic (exact) mass is 886 g/mol. The lowest BCUT2D eigenvalue weighted by Crippen LogP contribution is -2.47. The van der Waals surface area contributed by atoms with Crippen molar-refractivity contribution in [3.8, 4) is 5.75 Å². The predicted molar refractivity (Wildman–Crippen MR) is 248 cm³/mol. The van der Waals surface area contributed by atoms with Crippen molar-refractivity contribution >= 4 is 41.1 Å². The van der Waals surface area contributed by atoms with E-state index in [1.807, 2.05) is 6.92 Å². The molecule has 5 amide bonds. The molecule has 0 aliphatic rings. The van der Waals surface area contributed by atoms with E-state index in [4.69, 9.17) is 17.2 Å². The molecule has 15 heteroatoms. The standard InChI is InChI=1S/C48H83N7O8/c1-3-4-5-6-7-8-9-10-11-12-13-14-15-22-45(60)53-35-46(61)52-34-41(57)32-39(31-37-23-25-40(56)26-24-37)48(63)55-42(27-28-44(51)59)43(58)33-38(21-17-19-30-50)47(62)54-36(2)20-16-18-29-49/h23-26,36,38-39,42,56H,3-22,27-35,49-50H2,1-2H3,(H2,51,59)(H,52,61)(H,53,60)(H,54,62)(H,55,63)/t36-,38-,39-,42+/m1/s1. The number of aromatic hydroxyl groups is 1. The van der Waals surface area contributed by atoms with E-state index in [9.17, 15) is 38.7 Å². The maximum Gasteiger partial charge on any atom is 0.239 e. The number of hydrogen-bond donors (Lipinski definition) is 8. The highest BCUT2D eigenvalue weighted by Crippen LogP contribution is 2.20. The normalized spacial score (nSPS) is 13.0. The van der Waals surface area contributed by atoms with Gasteiger partial charge in [0.2, 0.25) is 29.5 Å². The fraction of sp³-hybridized carbons (Fsp3) is 0.729. The van der Waals surface area contributed by atoms with Crippen LogP contribution in [0.15, 0.2) is 24.3 Å². The molecular weight excluding hydrogens is 803 g/mol. The van der Waals surface area contributed by atoms with E-state index in [0.29, 0.717) is 44.3 Å². The molecule has 0 aliphatic heterocycles. The molecule has 1 aromatic carbocycles. The Bertz CT molecular complexity index is 1470. The van der Waals surface area contributed by atoms with E-state index in [1.165, 1.54) is 69.9 Å². The van der Waals surface area contributed by atoms with Crippen LogP contribution in [0.1, 0.15) is 174 Å². The number of benzene rings is 1. The first-order valence-corrected chi connectivity index (χ1v) is 23.9. The van der Waals surface area contributed by atoms with E-state index in [0.717, 1.165) is 44.9 Å². The molecule has 15 nitrogen and oxygen atoms in total. The van der Waals surface area contributed by atoms with Gasteiger partial charge in [-0.05, 0) is 82.7 Å². The van der Waals surface area contributed by atoms with Gasteiger partial charge in [0, 0.05) is 43.6 Å². The molecule has 11 N–H and O–H groups in total. The molecule has 0 aliphatic carbocycles. The Hall–Kier alpha value is -4.37. The third kappa shape index (κ3) is 29.6. The summed E-state index contributed by atoms with van der Waals surface area (Å²) in [5.74, 6) is -4.97. The summed E-state index contributed by atoms with van der Waals surface area (Å²) >= 11 is 0. The number of carbonyl (C=O) groups excluding carboxylic acids is 7. The maximum atomic E-state index is 13.9. The second kappa shape index (κ2) is 36.0. The number of primary amides is 1. The van der Waals surface area contributed by atoms with Crippen LogP contribution in [0.3, 0.4) is 0 Å². The third-order valence-corrected chi connectivity index (χ3v) is 11.4. The molecular formula is C48H83N7O8. The zero-order valence-electron chi connectivity index (χ0n) is 38.7. The zero-order chi connectivity index (χ0) is 46.7. The van der Waals surface area contributed by atoms with Crippen LogP contribution in [0.25, 0.3) is 0 Å². The van der Waals surface area contributed by atoms with Gasteiger partial charge < -0.3 is 43.6 Å². The summed E-state index contributed by atoms with van der Waals surface area (Å²) in [6, 6.07) is 4.82. The molecule has 0 fully saturated rings. The highest BCUT2D eigenvalue weighted by atomic mass is 16.3. The number of phenolic OH excluding ortho intramolecular Hbond substituents is 1. The number of ketones is 2. The van der Waals surface area contributed by atoms with E-state index in [-0.39, 0.29) is 68.8 Å². The lowest BCUT2D eigenvalue weighted by molar-refractivity contribution is -0.134. The average Bonchev–Trinajstić information content (AvgIpc) is 3.25. The van der Waals surface area contributed by atoms with Crippen molar-refractivity contribution in [3.63, 3.8) is 0 Å². The van der Waals surface area contributed by atoms with Crippen LogP contribution >= 0.6 is 0 Å². The van der Waals surface area contributed by atoms with Gasteiger partial charge >= 0.3 is 0 Å². The molecule has 4 atom stereocenters. The second-order valence-electron chi connectivity index (χ2n) is 17.3. The summed E-state index contributed by atoms with van der Waals surface area (Å²) in [6.07, 6.45) is 19.3. The van der Waals surface area contributed by atoms with E-state index >= 15 is 0 Å². The molecule has 0 bridgehead atoms. The SMILES string of the molecule is CCCCCCCCCCCCCCCC(=O)NCC(=O)NCC(=O)C[C@@H](Cc1ccc(O)cc1)C(=O)N[C@@H](CCC(N)=O)C(=O)C[C@@H](CCCCN)C(=O)N[C@H](C)CCCCN. The number of Topliss-reactive ketones (excluding diaryl/α,β-unsaturated/α-hetero) is 2. The van der Waals surface area contributed by atoms with Crippen LogP contribution in [0.2, 0.25) is 0 Å². The van der Waals surface area contributed by atoms with Gasteiger partial charge in [0.1, 0.15) is 5.75 Å². The van der Waals surface area contributed by atoms with Crippen molar-refractivity contribution in [2.45, 2.75) is 186 Å². The van der Waals surface area contributed by atoms with Crippen molar-refractivity contribution in [1.82, 2.24) is 21.3 Å². The number of nitrogens with one attached hydrogen (secondary N) is 4. The van der Waals surface area contributed by atoms with Gasteiger partial charge in [0.05, 0.1) is 19.1 Å². The fourth-order valence-electron chi connectivity index (χ4n) is 7.51. The van der Waals surface area contributed by atoms with Crippen LogP contribution in [0.4, 0.5) is 0 Å². The van der Waals surface area contributed by atoms with Gasteiger partial charge in [-0.1, -0.05) is 109 Å². The number of carbonyl (C=O) groups is 7. The first-order chi connectivity index (χ1) is 30.3. The number of hydrogen-bond acceptors (Lipinski definition) is 10. The highest BCUT2D eigenvalue weighted by Gasteiger charge is 2.31. The lowest BCUT2D eigenvalue weighted by atomic mass is 9.89. The molecule has 0 saturated carbocycles. The smallest absolute Gasteiger partial charge is 0.239 e. The van der Waals surface area contributed by atoms with Gasteiger partial charge in [0.15, 0.2) is 11.6 Å². The Kier molecular flexibility index (Phi) is 32.4. The van der Waals surface area contributed by atoms with Gasteiger partial charge in [-0.2, -0.15) is 0 Å². The molecule has 1 rings (SSSR count). The zero-order valence-corrected chi connectivity index (χ0v) is 38.7. The van der Waals surface area contributed by atoms with Crippen LogP contribution in [0.5, 0.6) is 5.75 Å². The van der Waals surface area contributed by atoms with Crippen molar-refractivity contribution in [3.05, 3.63) is 29.8 Å². The van der Waals surface area contributed by atoms with E-state index in [1.54, 1.807) is 12.1 Å².